The van der Waals surface area contributed by atoms with Crippen LogP contribution in [0.25, 0.3) is 0 Å². The van der Waals surface area contributed by atoms with Crippen LogP contribution >= 0.6 is 11.1 Å². The predicted octanol–water partition coefficient (Wildman–Crippen LogP) is 3.03. The first kappa shape index (κ1) is 8.99. The van der Waals surface area contributed by atoms with Crippen LogP contribution in [-0.2, 0) is 0 Å². The minimum absolute atomic E-state index is 1.59. The molecule has 0 aliphatic rings. The summed E-state index contributed by atoms with van der Waals surface area (Å²) in [5.41, 5.74) is 4.18. The Morgan fingerprint density at radius 2 is 1.44 bits per heavy atom. The van der Waals surface area contributed by atoms with Crippen molar-refractivity contribution in [2.24, 2.45) is 0 Å². The van der Waals surface area contributed by atoms with E-state index in [0.29, 0.717) is 0 Å². The first-order valence-electron chi connectivity index (χ1n) is 3.09. The molecule has 0 aliphatic carbocycles. The van der Waals surface area contributed by atoms with E-state index in [0.717, 1.165) is 0 Å². The van der Waals surface area contributed by atoms with Crippen molar-refractivity contribution in [2.75, 3.05) is 0 Å². The van der Waals surface area contributed by atoms with Gasteiger partial charge in [0.2, 0.25) is 0 Å². The number of hydrogen-bond donors (Lipinski definition) is 0. The SMILES string of the molecule is CC=C[Si](C)(Cl)C=CC. The van der Waals surface area contributed by atoms with Gasteiger partial charge in [-0.25, -0.2) is 0 Å². The molecule has 0 aromatic heterocycles. The summed E-state index contributed by atoms with van der Waals surface area (Å²) >= 11 is 6.10. The van der Waals surface area contributed by atoms with Crippen molar-refractivity contribution < 1.29 is 0 Å². The highest BCUT2D eigenvalue weighted by Crippen LogP contribution is 2.11. The second-order valence-electron chi connectivity index (χ2n) is 2.15. The van der Waals surface area contributed by atoms with Gasteiger partial charge in [0.25, 0.3) is 0 Å². The first-order chi connectivity index (χ1) is 4.12. The summed E-state index contributed by atoms with van der Waals surface area (Å²) in [7, 11) is -1.59. The third-order valence-corrected chi connectivity index (χ3v) is 3.71. The third kappa shape index (κ3) is 4.49. The molecule has 0 N–H and O–H groups in total. The van der Waals surface area contributed by atoms with Crippen LogP contribution in [0.2, 0.25) is 6.55 Å². The van der Waals surface area contributed by atoms with E-state index >= 15 is 0 Å². The lowest BCUT2D eigenvalue weighted by Gasteiger charge is -2.05. The zero-order valence-corrected chi connectivity index (χ0v) is 7.94. The topological polar surface area (TPSA) is 0 Å². The Bertz CT molecular complexity index is 111. The van der Waals surface area contributed by atoms with Crippen molar-refractivity contribution in [1.82, 2.24) is 0 Å². The summed E-state index contributed by atoms with van der Waals surface area (Å²) in [6.45, 7) is 6.09. The fraction of sp³-hybridized carbons (Fsp3) is 0.429. The highest BCUT2D eigenvalue weighted by molar-refractivity contribution is 7.25. The Hall–Kier alpha value is -0.0131. The van der Waals surface area contributed by atoms with Gasteiger partial charge in [-0.1, -0.05) is 23.6 Å². The number of allylic oxidation sites excluding steroid dienone is 2. The van der Waals surface area contributed by atoms with Gasteiger partial charge in [0.05, 0.1) is 0 Å². The van der Waals surface area contributed by atoms with Crippen molar-refractivity contribution in [3.63, 3.8) is 0 Å². The van der Waals surface area contributed by atoms with Crippen LogP contribution in [0.4, 0.5) is 0 Å². The maximum atomic E-state index is 6.10. The summed E-state index contributed by atoms with van der Waals surface area (Å²) in [6, 6.07) is 0. The number of rotatable bonds is 2. The van der Waals surface area contributed by atoms with Gasteiger partial charge in [0.15, 0.2) is 7.38 Å². The molecule has 0 aromatic rings. The van der Waals surface area contributed by atoms with Crippen molar-refractivity contribution in [1.29, 1.82) is 0 Å². The van der Waals surface area contributed by atoms with E-state index in [1.54, 1.807) is 0 Å². The van der Waals surface area contributed by atoms with Crippen LogP contribution in [0, 0.1) is 0 Å². The van der Waals surface area contributed by atoms with E-state index in [9.17, 15) is 0 Å². The van der Waals surface area contributed by atoms with Crippen molar-refractivity contribution in [2.45, 2.75) is 20.4 Å². The van der Waals surface area contributed by atoms with Crippen LogP contribution < -0.4 is 0 Å². The average Bonchev–Trinajstić information content (AvgIpc) is 1.64. The van der Waals surface area contributed by atoms with Gasteiger partial charge >= 0.3 is 0 Å². The van der Waals surface area contributed by atoms with Crippen LogP contribution in [0.5, 0.6) is 0 Å². The maximum Gasteiger partial charge on any atom is 0.199 e. The van der Waals surface area contributed by atoms with Gasteiger partial charge in [-0.3, -0.25) is 0 Å². The minimum Gasteiger partial charge on any atom is -0.156 e. The summed E-state index contributed by atoms with van der Waals surface area (Å²) in [5.74, 6) is 0. The number of hydrogen-bond acceptors (Lipinski definition) is 0. The van der Waals surface area contributed by atoms with E-state index < -0.39 is 7.38 Å². The predicted molar refractivity (Wildman–Crippen MR) is 47.1 cm³/mol. The minimum atomic E-state index is -1.59. The molecule has 0 heterocycles. The van der Waals surface area contributed by atoms with Gasteiger partial charge in [-0.15, -0.1) is 0 Å². The molecular formula is C7H13ClSi. The zero-order valence-electron chi connectivity index (χ0n) is 6.19. The Morgan fingerprint density at radius 3 is 1.67 bits per heavy atom. The second kappa shape index (κ2) is 3.91. The molecule has 0 spiro atoms. The van der Waals surface area contributed by atoms with Crippen molar-refractivity contribution in [3.05, 3.63) is 23.6 Å². The second-order valence-corrected chi connectivity index (χ2v) is 7.56. The lowest BCUT2D eigenvalue weighted by molar-refractivity contribution is 1.74. The normalized spacial score (nSPS) is 19.1. The zero-order chi connectivity index (χ0) is 7.33. The van der Waals surface area contributed by atoms with Gasteiger partial charge in [0.1, 0.15) is 0 Å². The number of halogens is 1. The summed E-state index contributed by atoms with van der Waals surface area (Å²) in [6.07, 6.45) is 4.03. The lowest BCUT2D eigenvalue weighted by Crippen LogP contribution is -2.14. The molecule has 0 bridgehead atoms. The molecule has 0 amide bonds. The standard InChI is InChI=1S/C7H13ClSi/c1-4-6-9(3,8)7-5-2/h4-7H,1-3H3. The van der Waals surface area contributed by atoms with Gasteiger partial charge in [0, 0.05) is 0 Å². The van der Waals surface area contributed by atoms with Gasteiger partial charge in [-0.2, -0.15) is 11.1 Å². The quantitative estimate of drug-likeness (QED) is 0.431. The Labute approximate surface area is 62.9 Å². The molecule has 0 fully saturated rings. The fourth-order valence-electron chi connectivity index (χ4n) is 0.707. The lowest BCUT2D eigenvalue weighted by atomic mass is 10.8. The van der Waals surface area contributed by atoms with E-state index in [1.807, 2.05) is 26.0 Å². The molecule has 0 radical (unpaired) electrons. The van der Waals surface area contributed by atoms with Crippen molar-refractivity contribution in [3.8, 4) is 0 Å². The van der Waals surface area contributed by atoms with Crippen LogP contribution in [0.1, 0.15) is 13.8 Å². The van der Waals surface area contributed by atoms with E-state index in [2.05, 4.69) is 17.9 Å². The smallest absolute Gasteiger partial charge is 0.156 e. The summed E-state index contributed by atoms with van der Waals surface area (Å²) in [5, 5.41) is 0. The van der Waals surface area contributed by atoms with E-state index in [4.69, 9.17) is 11.1 Å². The molecule has 9 heavy (non-hydrogen) atoms. The molecule has 0 saturated heterocycles. The van der Waals surface area contributed by atoms with Crippen LogP contribution in [0.3, 0.4) is 0 Å². The summed E-state index contributed by atoms with van der Waals surface area (Å²) in [4.78, 5) is 0. The Morgan fingerprint density at radius 1 is 1.11 bits per heavy atom. The maximum absolute atomic E-state index is 6.10. The van der Waals surface area contributed by atoms with Gasteiger partial charge in [-0.05, 0) is 20.4 Å². The molecule has 0 aromatic carbocycles. The van der Waals surface area contributed by atoms with Crippen molar-refractivity contribution >= 4 is 18.5 Å². The molecule has 0 atom stereocenters. The van der Waals surface area contributed by atoms with E-state index in [1.165, 1.54) is 0 Å². The largest absolute Gasteiger partial charge is 0.199 e. The van der Waals surface area contributed by atoms with Crippen LogP contribution in [-0.4, -0.2) is 7.38 Å². The Balaban J connectivity index is 4.01. The monoisotopic (exact) mass is 160 g/mol. The highest BCUT2D eigenvalue weighted by atomic mass is 35.6. The Kier molecular flexibility index (Phi) is 3.90. The molecule has 2 heteroatoms. The molecule has 0 nitrogen and oxygen atoms in total. The third-order valence-electron chi connectivity index (χ3n) is 0.985. The average molecular weight is 161 g/mol. The van der Waals surface area contributed by atoms with E-state index in [-0.39, 0.29) is 0 Å². The molecule has 0 aliphatic heterocycles. The highest BCUT2D eigenvalue weighted by Gasteiger charge is 2.13. The molecule has 0 unspecified atom stereocenters. The van der Waals surface area contributed by atoms with Crippen LogP contribution in [0.15, 0.2) is 23.6 Å². The molecule has 0 rings (SSSR count). The van der Waals surface area contributed by atoms with Gasteiger partial charge < -0.3 is 0 Å². The molecule has 52 valence electrons. The first-order valence-corrected chi connectivity index (χ1v) is 6.75. The summed E-state index contributed by atoms with van der Waals surface area (Å²) < 4.78 is 0. The fourth-order valence-corrected chi connectivity index (χ4v) is 2.88. The molecular weight excluding hydrogens is 148 g/mol. The molecule has 0 saturated carbocycles.